The Morgan fingerprint density at radius 1 is 1.25 bits per heavy atom. The standard InChI is InChI=1S/C24H31N5O3/c1-14-21(8-17-10-26-11-17)27-24(28-23(14)22-15(2)29-32-16(22)3)18-6-5-7-20(9-18)31-13-19(30)12-25-4/h5-7,9,17,19,25-26,30H,8,10-13H2,1-4H3. The number of nitrogens with one attached hydrogen (secondary N) is 2. The van der Waals surface area contributed by atoms with Gasteiger partial charge < -0.3 is 25.0 Å². The van der Waals surface area contributed by atoms with Crippen molar-refractivity contribution in [1.29, 1.82) is 0 Å². The predicted octanol–water partition coefficient (Wildman–Crippen LogP) is 2.44. The van der Waals surface area contributed by atoms with Gasteiger partial charge in [-0.2, -0.15) is 0 Å². The van der Waals surface area contributed by atoms with Gasteiger partial charge in [0.2, 0.25) is 0 Å². The van der Waals surface area contributed by atoms with Crippen molar-refractivity contribution >= 4 is 0 Å². The first-order valence-electron chi connectivity index (χ1n) is 11.0. The Morgan fingerprint density at radius 2 is 2.06 bits per heavy atom. The van der Waals surface area contributed by atoms with Crippen molar-refractivity contribution in [2.24, 2.45) is 5.92 Å². The minimum atomic E-state index is -0.576. The van der Waals surface area contributed by atoms with Crippen LogP contribution in [0.1, 0.15) is 22.7 Å². The van der Waals surface area contributed by atoms with Crippen LogP contribution in [0.2, 0.25) is 0 Å². The number of hydrogen-bond donors (Lipinski definition) is 3. The topological polar surface area (TPSA) is 105 Å². The lowest BCUT2D eigenvalue weighted by atomic mass is 9.93. The lowest BCUT2D eigenvalue weighted by Gasteiger charge is -2.27. The van der Waals surface area contributed by atoms with E-state index in [-0.39, 0.29) is 6.61 Å². The number of hydrogen-bond acceptors (Lipinski definition) is 8. The predicted molar refractivity (Wildman–Crippen MR) is 123 cm³/mol. The van der Waals surface area contributed by atoms with E-state index in [4.69, 9.17) is 19.2 Å². The molecule has 1 unspecified atom stereocenters. The molecule has 1 saturated heterocycles. The summed E-state index contributed by atoms with van der Waals surface area (Å²) in [6, 6.07) is 7.69. The van der Waals surface area contributed by atoms with Gasteiger partial charge in [0.15, 0.2) is 5.82 Å². The summed E-state index contributed by atoms with van der Waals surface area (Å²) in [6.45, 7) is 8.64. The van der Waals surface area contributed by atoms with E-state index in [0.717, 1.165) is 59.0 Å². The first kappa shape index (κ1) is 22.4. The highest BCUT2D eigenvalue weighted by atomic mass is 16.5. The molecule has 3 N–H and O–H groups in total. The van der Waals surface area contributed by atoms with Crippen molar-refractivity contribution in [1.82, 2.24) is 25.8 Å². The van der Waals surface area contributed by atoms with Gasteiger partial charge in [-0.1, -0.05) is 17.3 Å². The Hall–Kier alpha value is -2.81. The molecule has 1 atom stereocenters. The van der Waals surface area contributed by atoms with Crippen LogP contribution < -0.4 is 15.4 Å². The molecule has 0 amide bonds. The minimum absolute atomic E-state index is 0.212. The highest BCUT2D eigenvalue weighted by molar-refractivity contribution is 5.71. The quantitative estimate of drug-likeness (QED) is 0.469. The highest BCUT2D eigenvalue weighted by Crippen LogP contribution is 2.33. The zero-order chi connectivity index (χ0) is 22.7. The second kappa shape index (κ2) is 9.77. The normalized spacial score (nSPS) is 14.9. The molecule has 1 fully saturated rings. The van der Waals surface area contributed by atoms with Crippen molar-refractivity contribution < 1.29 is 14.4 Å². The summed E-state index contributed by atoms with van der Waals surface area (Å²) in [6.07, 6.45) is 0.324. The van der Waals surface area contributed by atoms with Crippen molar-refractivity contribution in [2.75, 3.05) is 33.3 Å². The molecule has 8 nitrogen and oxygen atoms in total. The molecule has 0 bridgehead atoms. The Morgan fingerprint density at radius 3 is 2.72 bits per heavy atom. The molecule has 0 saturated carbocycles. The molecule has 1 aliphatic rings. The van der Waals surface area contributed by atoms with E-state index in [1.54, 1.807) is 7.05 Å². The molecule has 170 valence electrons. The lowest BCUT2D eigenvalue weighted by molar-refractivity contribution is 0.108. The number of aliphatic hydroxyl groups excluding tert-OH is 1. The molecule has 32 heavy (non-hydrogen) atoms. The van der Waals surface area contributed by atoms with E-state index < -0.39 is 6.10 Å². The summed E-state index contributed by atoms with van der Waals surface area (Å²) >= 11 is 0. The molecular weight excluding hydrogens is 406 g/mol. The number of aromatic nitrogens is 3. The zero-order valence-electron chi connectivity index (χ0n) is 19.1. The van der Waals surface area contributed by atoms with Crippen LogP contribution in [-0.2, 0) is 6.42 Å². The van der Waals surface area contributed by atoms with Gasteiger partial charge in [-0.25, -0.2) is 9.97 Å². The zero-order valence-corrected chi connectivity index (χ0v) is 19.1. The fraction of sp³-hybridized carbons (Fsp3) is 0.458. The van der Waals surface area contributed by atoms with Crippen molar-refractivity contribution in [2.45, 2.75) is 33.3 Å². The third kappa shape index (κ3) is 4.82. The number of likely N-dealkylation sites (N-methyl/N-ethyl adjacent to an activating group) is 1. The molecule has 0 radical (unpaired) electrons. The van der Waals surface area contributed by atoms with Crippen LogP contribution in [0.4, 0.5) is 0 Å². The van der Waals surface area contributed by atoms with Gasteiger partial charge in [-0.3, -0.25) is 0 Å². The largest absolute Gasteiger partial charge is 0.491 e. The third-order valence-corrected chi connectivity index (χ3v) is 5.84. The Bertz CT molecular complexity index is 1060. The van der Waals surface area contributed by atoms with Crippen LogP contribution in [0.5, 0.6) is 5.75 Å². The monoisotopic (exact) mass is 437 g/mol. The van der Waals surface area contributed by atoms with E-state index in [0.29, 0.717) is 24.0 Å². The van der Waals surface area contributed by atoms with Crippen LogP contribution in [0, 0.1) is 26.7 Å². The van der Waals surface area contributed by atoms with Gasteiger partial charge in [0.05, 0.1) is 17.0 Å². The van der Waals surface area contributed by atoms with E-state index >= 15 is 0 Å². The first-order valence-corrected chi connectivity index (χ1v) is 11.0. The van der Waals surface area contributed by atoms with Gasteiger partial charge in [-0.05, 0) is 70.9 Å². The molecule has 8 heteroatoms. The van der Waals surface area contributed by atoms with E-state index in [1.807, 2.05) is 38.1 Å². The number of aliphatic hydroxyl groups is 1. The van der Waals surface area contributed by atoms with Crippen LogP contribution in [0.3, 0.4) is 0 Å². The van der Waals surface area contributed by atoms with Gasteiger partial charge in [0.25, 0.3) is 0 Å². The van der Waals surface area contributed by atoms with Crippen LogP contribution >= 0.6 is 0 Å². The van der Waals surface area contributed by atoms with Crippen molar-refractivity contribution in [3.63, 3.8) is 0 Å². The van der Waals surface area contributed by atoms with Crippen LogP contribution in [-0.4, -0.2) is 59.6 Å². The summed E-state index contributed by atoms with van der Waals surface area (Å²) < 4.78 is 11.2. The van der Waals surface area contributed by atoms with E-state index in [1.165, 1.54) is 0 Å². The molecule has 1 aliphatic heterocycles. The number of nitrogens with zero attached hydrogens (tertiary/aromatic N) is 3. The van der Waals surface area contributed by atoms with Crippen molar-refractivity contribution in [3.05, 3.63) is 47.0 Å². The molecule has 3 heterocycles. The third-order valence-electron chi connectivity index (χ3n) is 5.84. The SMILES string of the molecule is CNCC(O)COc1cccc(-c2nc(CC3CNC3)c(C)c(-c3c(C)noc3C)n2)c1. The average molecular weight is 438 g/mol. The Balaban J connectivity index is 1.71. The van der Waals surface area contributed by atoms with Gasteiger partial charge in [-0.15, -0.1) is 0 Å². The number of aryl methyl sites for hydroxylation is 2. The summed E-state index contributed by atoms with van der Waals surface area (Å²) in [5, 5.41) is 20.3. The number of rotatable bonds is 9. The summed E-state index contributed by atoms with van der Waals surface area (Å²) in [7, 11) is 1.80. The summed E-state index contributed by atoms with van der Waals surface area (Å²) in [4.78, 5) is 9.90. The maximum atomic E-state index is 9.94. The van der Waals surface area contributed by atoms with Crippen LogP contribution in [0.25, 0.3) is 22.6 Å². The fourth-order valence-electron chi connectivity index (χ4n) is 3.93. The van der Waals surface area contributed by atoms with Gasteiger partial charge >= 0.3 is 0 Å². The summed E-state index contributed by atoms with van der Waals surface area (Å²) in [5.74, 6) is 2.65. The maximum Gasteiger partial charge on any atom is 0.160 e. The first-order chi connectivity index (χ1) is 15.5. The fourth-order valence-corrected chi connectivity index (χ4v) is 3.93. The average Bonchev–Trinajstić information content (AvgIpc) is 3.08. The number of benzene rings is 1. The second-order valence-corrected chi connectivity index (χ2v) is 8.45. The number of ether oxygens (including phenoxy) is 1. The van der Waals surface area contributed by atoms with Gasteiger partial charge in [0, 0.05) is 17.8 Å². The lowest BCUT2D eigenvalue weighted by Crippen LogP contribution is -2.43. The smallest absolute Gasteiger partial charge is 0.160 e. The minimum Gasteiger partial charge on any atom is -0.491 e. The second-order valence-electron chi connectivity index (χ2n) is 8.45. The molecule has 3 aromatic rings. The van der Waals surface area contributed by atoms with E-state index in [9.17, 15) is 5.11 Å². The molecule has 0 aliphatic carbocycles. The highest BCUT2D eigenvalue weighted by Gasteiger charge is 2.24. The molecule has 0 spiro atoms. The Kier molecular flexibility index (Phi) is 6.83. The van der Waals surface area contributed by atoms with E-state index in [2.05, 4.69) is 22.7 Å². The van der Waals surface area contributed by atoms with Crippen molar-refractivity contribution in [3.8, 4) is 28.4 Å². The molecule has 1 aromatic carbocycles. The maximum absolute atomic E-state index is 9.94. The molecule has 2 aromatic heterocycles. The summed E-state index contributed by atoms with van der Waals surface area (Å²) in [5.41, 5.74) is 5.60. The van der Waals surface area contributed by atoms with Crippen LogP contribution in [0.15, 0.2) is 28.8 Å². The van der Waals surface area contributed by atoms with Gasteiger partial charge in [0.1, 0.15) is 24.2 Å². The molecular formula is C24H31N5O3. The molecule has 4 rings (SSSR count). The Labute approximate surface area is 188 Å².